The van der Waals surface area contributed by atoms with Crippen LogP contribution < -0.4 is 0 Å². The van der Waals surface area contributed by atoms with Gasteiger partial charge in [-0.2, -0.15) is 0 Å². The lowest BCUT2D eigenvalue weighted by molar-refractivity contribution is -0.390. The van der Waals surface area contributed by atoms with Gasteiger partial charge in [-0.05, 0) is 0 Å². The van der Waals surface area contributed by atoms with Crippen LogP contribution >= 0.6 is 0 Å². The molecule has 1 heterocycles. The summed E-state index contributed by atoms with van der Waals surface area (Å²) in [6.07, 6.45) is -7.23. The Morgan fingerprint density at radius 2 is 1.62 bits per heavy atom. The third-order valence-electron chi connectivity index (χ3n) is 1.98. The molecule has 78 valence electrons. The van der Waals surface area contributed by atoms with Gasteiger partial charge < -0.3 is 35.4 Å². The van der Waals surface area contributed by atoms with Gasteiger partial charge in [-0.25, -0.2) is 0 Å². The number of aliphatic hydroxyl groups excluding tert-OH is 5. The first-order chi connectivity index (χ1) is 5.92. The van der Waals surface area contributed by atoms with Crippen molar-refractivity contribution in [2.45, 2.75) is 30.4 Å². The van der Waals surface area contributed by atoms with Crippen molar-refractivity contribution in [1.29, 1.82) is 0 Å². The van der Waals surface area contributed by atoms with E-state index in [4.69, 9.17) is 25.5 Å². The highest BCUT2D eigenvalue weighted by Crippen LogP contribution is 2.26. The molecule has 5 atom stereocenters. The largest absolute Gasteiger partial charge is 0.391 e. The number of ether oxygens (including phenoxy) is 1. The molecular formula is C6H12O7. The Balaban J connectivity index is 2.82. The predicted octanol–water partition coefficient (Wildman–Crippen LogP) is -3.90. The van der Waals surface area contributed by atoms with Gasteiger partial charge in [-0.15, -0.1) is 0 Å². The molecule has 1 saturated heterocycles. The van der Waals surface area contributed by atoms with Crippen LogP contribution in [0.3, 0.4) is 0 Å². The molecule has 0 aromatic rings. The third-order valence-corrected chi connectivity index (χ3v) is 1.98. The van der Waals surface area contributed by atoms with Crippen LogP contribution in [0.25, 0.3) is 0 Å². The highest BCUT2D eigenvalue weighted by molar-refractivity contribution is 4.92. The first-order valence-electron chi connectivity index (χ1n) is 3.65. The maximum absolute atomic E-state index is 9.25. The van der Waals surface area contributed by atoms with Gasteiger partial charge in [0.1, 0.15) is 18.3 Å². The van der Waals surface area contributed by atoms with E-state index < -0.39 is 37.0 Å². The summed E-state index contributed by atoms with van der Waals surface area (Å²) in [6, 6.07) is 0. The zero-order chi connectivity index (χ0) is 10.2. The maximum Gasteiger partial charge on any atom is 0.221 e. The molecular weight excluding hydrogens is 184 g/mol. The average Bonchev–Trinajstić information content (AvgIpc) is 2.12. The van der Waals surface area contributed by atoms with Crippen LogP contribution in [0, 0.1) is 0 Å². The topological polar surface area (TPSA) is 131 Å². The molecule has 7 nitrogen and oxygen atoms in total. The van der Waals surface area contributed by atoms with Crippen molar-refractivity contribution >= 4 is 0 Å². The Morgan fingerprint density at radius 1 is 1.08 bits per heavy atom. The third kappa shape index (κ3) is 1.67. The molecule has 1 aliphatic rings. The van der Waals surface area contributed by atoms with E-state index in [1.165, 1.54) is 0 Å². The van der Waals surface area contributed by atoms with Crippen LogP contribution in [-0.4, -0.2) is 67.6 Å². The van der Waals surface area contributed by atoms with Crippen molar-refractivity contribution in [2.75, 3.05) is 6.61 Å². The van der Waals surface area contributed by atoms with E-state index in [0.29, 0.717) is 0 Å². The summed E-state index contributed by atoms with van der Waals surface area (Å²) in [6.45, 7) is -1.00. The second-order valence-electron chi connectivity index (χ2n) is 2.94. The van der Waals surface area contributed by atoms with Gasteiger partial charge >= 0.3 is 0 Å². The van der Waals surface area contributed by atoms with Crippen molar-refractivity contribution in [1.82, 2.24) is 0 Å². The van der Waals surface area contributed by atoms with Gasteiger partial charge in [-0.3, -0.25) is 0 Å². The molecule has 7 heteroatoms. The minimum atomic E-state index is -2.45. The fourth-order valence-corrected chi connectivity index (χ4v) is 1.10. The molecule has 0 aromatic heterocycles. The second-order valence-corrected chi connectivity index (χ2v) is 2.94. The summed E-state index contributed by atoms with van der Waals surface area (Å²) < 4.78 is 4.32. The Morgan fingerprint density at radius 3 is 2.08 bits per heavy atom. The molecule has 0 aromatic carbocycles. The molecule has 0 radical (unpaired) electrons. The Kier molecular flexibility index (Phi) is 2.88. The Bertz CT molecular complexity index is 186. The van der Waals surface area contributed by atoms with Crippen molar-refractivity contribution in [3.8, 4) is 0 Å². The van der Waals surface area contributed by atoms with Crippen LogP contribution in [0.15, 0.2) is 0 Å². The second kappa shape index (κ2) is 3.46. The minimum absolute atomic E-state index is 1.00. The summed E-state index contributed by atoms with van der Waals surface area (Å²) in [4.78, 5) is 0. The Labute approximate surface area is 73.4 Å². The predicted molar refractivity (Wildman–Crippen MR) is 37.1 cm³/mol. The van der Waals surface area contributed by atoms with Crippen molar-refractivity contribution in [3.63, 3.8) is 0 Å². The molecule has 1 rings (SSSR count). The van der Waals surface area contributed by atoms with E-state index in [9.17, 15) is 5.11 Å². The average molecular weight is 196 g/mol. The molecule has 0 bridgehead atoms. The minimum Gasteiger partial charge on any atom is -0.391 e. The fraction of sp³-hybridized carbons (Fsp3) is 1.00. The van der Waals surface area contributed by atoms with E-state index in [2.05, 4.69) is 4.74 Å². The lowest BCUT2D eigenvalue weighted by Gasteiger charge is -2.42. The maximum atomic E-state index is 9.25. The number of rotatable bonds is 1. The van der Waals surface area contributed by atoms with Crippen LogP contribution in [0.1, 0.15) is 0 Å². The van der Waals surface area contributed by atoms with Crippen molar-refractivity contribution < 1.29 is 35.4 Å². The summed E-state index contributed by atoms with van der Waals surface area (Å²) in [5.74, 6) is -2.45. The highest BCUT2D eigenvalue weighted by atomic mass is 16.7. The molecule has 1 aliphatic heterocycles. The van der Waals surface area contributed by atoms with E-state index in [-0.39, 0.29) is 0 Å². The normalized spacial score (nSPS) is 52.2. The van der Waals surface area contributed by atoms with Gasteiger partial charge in [0.2, 0.25) is 5.79 Å². The van der Waals surface area contributed by atoms with Crippen LogP contribution in [0.2, 0.25) is 0 Å². The lowest BCUT2D eigenvalue weighted by atomic mass is 9.96. The smallest absolute Gasteiger partial charge is 0.221 e. The molecule has 0 aliphatic carbocycles. The van der Waals surface area contributed by atoms with Crippen LogP contribution in [0.5, 0.6) is 0 Å². The first kappa shape index (κ1) is 10.8. The number of hydrogen-bond acceptors (Lipinski definition) is 7. The first-order valence-corrected chi connectivity index (χ1v) is 3.65. The standard InChI is InChI=1S/C6H12O7/c7-1-6(12)4(10)2(8)3(9)5(11)13-6/h2-5,7-12H,1H2/t2-,3-,4-,5+,6?/m0/s1. The summed E-state index contributed by atoms with van der Waals surface area (Å²) in [5, 5.41) is 53.9. The highest BCUT2D eigenvalue weighted by Gasteiger charge is 2.52. The van der Waals surface area contributed by atoms with E-state index in [1.807, 2.05) is 0 Å². The molecule has 0 spiro atoms. The molecule has 6 N–H and O–H groups in total. The van der Waals surface area contributed by atoms with Gasteiger partial charge in [0.15, 0.2) is 6.29 Å². The van der Waals surface area contributed by atoms with Crippen molar-refractivity contribution in [2.24, 2.45) is 0 Å². The van der Waals surface area contributed by atoms with Gasteiger partial charge in [0, 0.05) is 0 Å². The number of hydrogen-bond donors (Lipinski definition) is 6. The van der Waals surface area contributed by atoms with Gasteiger partial charge in [0.05, 0.1) is 6.61 Å². The molecule has 0 saturated carbocycles. The number of aliphatic hydroxyl groups is 6. The SMILES string of the molecule is OCC1(O)O[C@@H](O)[C@@H](O)[C@H](O)[C@@H]1O. The monoisotopic (exact) mass is 196 g/mol. The Hall–Kier alpha value is -0.280. The lowest BCUT2D eigenvalue weighted by Crippen LogP contribution is -2.65. The quantitative estimate of drug-likeness (QED) is 0.253. The summed E-state index contributed by atoms with van der Waals surface area (Å²) >= 11 is 0. The van der Waals surface area contributed by atoms with E-state index in [1.54, 1.807) is 0 Å². The zero-order valence-corrected chi connectivity index (χ0v) is 6.61. The van der Waals surface area contributed by atoms with Gasteiger partial charge in [0.25, 0.3) is 0 Å². The van der Waals surface area contributed by atoms with Gasteiger partial charge in [-0.1, -0.05) is 0 Å². The molecule has 1 fully saturated rings. The van der Waals surface area contributed by atoms with E-state index >= 15 is 0 Å². The summed E-state index contributed by atoms with van der Waals surface area (Å²) in [7, 11) is 0. The fourth-order valence-electron chi connectivity index (χ4n) is 1.10. The van der Waals surface area contributed by atoms with E-state index in [0.717, 1.165) is 0 Å². The zero-order valence-electron chi connectivity index (χ0n) is 6.61. The molecule has 13 heavy (non-hydrogen) atoms. The summed E-state index contributed by atoms with van der Waals surface area (Å²) in [5.41, 5.74) is 0. The van der Waals surface area contributed by atoms with Crippen LogP contribution in [-0.2, 0) is 4.74 Å². The van der Waals surface area contributed by atoms with Crippen LogP contribution in [0.4, 0.5) is 0 Å². The molecule has 1 unspecified atom stereocenters. The van der Waals surface area contributed by atoms with Crippen molar-refractivity contribution in [3.05, 3.63) is 0 Å². The molecule has 0 amide bonds.